The van der Waals surface area contributed by atoms with Crippen molar-refractivity contribution in [1.82, 2.24) is 19.7 Å². The summed E-state index contributed by atoms with van der Waals surface area (Å²) >= 11 is 2.21. The third-order valence-electron chi connectivity index (χ3n) is 2.06. The number of halogens is 1. The van der Waals surface area contributed by atoms with Crippen molar-refractivity contribution < 1.29 is 0 Å². The van der Waals surface area contributed by atoms with Crippen molar-refractivity contribution in [3.8, 4) is 5.82 Å². The molecule has 1 N–H and O–H groups in total. The van der Waals surface area contributed by atoms with E-state index in [0.29, 0.717) is 0 Å². The van der Waals surface area contributed by atoms with E-state index in [-0.39, 0.29) is 0 Å². The maximum Gasteiger partial charge on any atom is 0.161 e. The van der Waals surface area contributed by atoms with Gasteiger partial charge in [0, 0.05) is 18.8 Å². The zero-order chi connectivity index (χ0) is 10.8. The minimum absolute atomic E-state index is 0.803. The first-order valence-electron chi connectivity index (χ1n) is 4.42. The van der Waals surface area contributed by atoms with Crippen LogP contribution in [0.15, 0.2) is 18.7 Å². The monoisotopic (exact) mass is 315 g/mol. The Kier molecular flexibility index (Phi) is 2.85. The average molecular weight is 315 g/mol. The van der Waals surface area contributed by atoms with Gasteiger partial charge in [-0.05, 0) is 29.5 Å². The van der Waals surface area contributed by atoms with Gasteiger partial charge in [-0.25, -0.2) is 14.6 Å². The standard InChI is InChI=1S/C9H10IN5/c1-6-8(11-2)12-5-13-9(6)15-4-7(10)3-14-15/h3-5H,1-2H3,(H,11,12,13). The second-order valence-corrected chi connectivity index (χ2v) is 4.27. The number of nitrogens with zero attached hydrogens (tertiary/aromatic N) is 4. The molecule has 0 radical (unpaired) electrons. The average Bonchev–Trinajstić information content (AvgIpc) is 2.65. The molecule has 5 nitrogen and oxygen atoms in total. The highest BCUT2D eigenvalue weighted by Gasteiger charge is 2.08. The van der Waals surface area contributed by atoms with Crippen molar-refractivity contribution >= 4 is 28.4 Å². The zero-order valence-electron chi connectivity index (χ0n) is 8.40. The lowest BCUT2D eigenvalue weighted by atomic mass is 10.3. The lowest BCUT2D eigenvalue weighted by molar-refractivity contribution is 0.830. The van der Waals surface area contributed by atoms with Crippen LogP contribution >= 0.6 is 22.6 Å². The minimum Gasteiger partial charge on any atom is -0.373 e. The van der Waals surface area contributed by atoms with Gasteiger partial charge in [0.25, 0.3) is 0 Å². The number of hydrogen-bond donors (Lipinski definition) is 1. The lowest BCUT2D eigenvalue weighted by Crippen LogP contribution is -2.05. The summed E-state index contributed by atoms with van der Waals surface area (Å²) in [5, 5.41) is 7.23. The fraction of sp³-hybridized carbons (Fsp3) is 0.222. The molecule has 15 heavy (non-hydrogen) atoms. The Bertz CT molecular complexity index is 479. The molecule has 0 fully saturated rings. The van der Waals surface area contributed by atoms with Crippen molar-refractivity contribution in [2.75, 3.05) is 12.4 Å². The summed E-state index contributed by atoms with van der Waals surface area (Å²) in [4.78, 5) is 8.34. The van der Waals surface area contributed by atoms with Crippen LogP contribution in [-0.2, 0) is 0 Å². The van der Waals surface area contributed by atoms with E-state index in [1.807, 2.05) is 20.2 Å². The van der Waals surface area contributed by atoms with Crippen molar-refractivity contribution in [2.24, 2.45) is 0 Å². The van der Waals surface area contributed by atoms with Crippen LogP contribution in [0.1, 0.15) is 5.56 Å². The second kappa shape index (κ2) is 4.13. The van der Waals surface area contributed by atoms with Gasteiger partial charge >= 0.3 is 0 Å². The van der Waals surface area contributed by atoms with Gasteiger partial charge in [0.1, 0.15) is 12.1 Å². The van der Waals surface area contributed by atoms with Crippen molar-refractivity contribution in [3.63, 3.8) is 0 Å². The highest BCUT2D eigenvalue weighted by Crippen LogP contribution is 2.16. The zero-order valence-corrected chi connectivity index (χ0v) is 10.6. The first kappa shape index (κ1) is 10.3. The topological polar surface area (TPSA) is 55.6 Å². The van der Waals surface area contributed by atoms with Gasteiger partial charge in [-0.2, -0.15) is 5.10 Å². The molecule has 2 aromatic rings. The second-order valence-electron chi connectivity index (χ2n) is 3.02. The van der Waals surface area contributed by atoms with Crippen LogP contribution < -0.4 is 5.32 Å². The van der Waals surface area contributed by atoms with E-state index in [1.165, 1.54) is 6.33 Å². The molecule has 0 atom stereocenters. The third-order valence-corrected chi connectivity index (χ3v) is 2.62. The van der Waals surface area contributed by atoms with Gasteiger partial charge in [0.05, 0.1) is 9.77 Å². The Hall–Kier alpha value is -1.18. The van der Waals surface area contributed by atoms with Crippen molar-refractivity contribution in [3.05, 3.63) is 27.9 Å². The molecular formula is C9H10IN5. The Morgan fingerprint density at radius 2 is 2.20 bits per heavy atom. The lowest BCUT2D eigenvalue weighted by Gasteiger charge is -2.07. The Labute approximate surface area is 101 Å². The fourth-order valence-corrected chi connectivity index (χ4v) is 1.73. The van der Waals surface area contributed by atoms with E-state index < -0.39 is 0 Å². The normalized spacial score (nSPS) is 10.3. The predicted octanol–water partition coefficient (Wildman–Crippen LogP) is 1.62. The molecule has 0 bridgehead atoms. The Balaban J connectivity index is 2.53. The molecule has 2 rings (SSSR count). The van der Waals surface area contributed by atoms with Crippen LogP contribution in [0, 0.1) is 10.5 Å². The maximum atomic E-state index is 4.22. The van der Waals surface area contributed by atoms with E-state index in [1.54, 1.807) is 10.9 Å². The summed E-state index contributed by atoms with van der Waals surface area (Å²) in [6, 6.07) is 0. The van der Waals surface area contributed by atoms with Crippen LogP contribution in [0.25, 0.3) is 5.82 Å². The highest BCUT2D eigenvalue weighted by atomic mass is 127. The molecule has 0 aromatic carbocycles. The summed E-state index contributed by atoms with van der Waals surface area (Å²) in [6.45, 7) is 1.97. The van der Waals surface area contributed by atoms with Gasteiger partial charge in [0.2, 0.25) is 0 Å². The SMILES string of the molecule is CNc1ncnc(-n2cc(I)cn2)c1C. The van der Waals surface area contributed by atoms with Crippen molar-refractivity contribution in [2.45, 2.75) is 6.92 Å². The van der Waals surface area contributed by atoms with Crippen LogP contribution in [0.4, 0.5) is 5.82 Å². The molecule has 6 heteroatoms. The molecule has 2 heterocycles. The first-order chi connectivity index (χ1) is 7.22. The summed E-state index contributed by atoms with van der Waals surface area (Å²) in [7, 11) is 1.84. The van der Waals surface area contributed by atoms with Crippen LogP contribution in [0.3, 0.4) is 0 Å². The largest absolute Gasteiger partial charge is 0.373 e. The summed E-state index contributed by atoms with van der Waals surface area (Å²) < 4.78 is 2.83. The van der Waals surface area contributed by atoms with E-state index in [4.69, 9.17) is 0 Å². The number of nitrogens with one attached hydrogen (secondary N) is 1. The molecule has 0 spiro atoms. The molecule has 78 valence electrons. The number of anilines is 1. The van der Waals surface area contributed by atoms with E-state index in [9.17, 15) is 0 Å². The number of rotatable bonds is 2. The Morgan fingerprint density at radius 3 is 2.80 bits per heavy atom. The first-order valence-corrected chi connectivity index (χ1v) is 5.50. The molecule has 0 aliphatic rings. The van der Waals surface area contributed by atoms with Crippen LogP contribution in [-0.4, -0.2) is 26.8 Å². The Morgan fingerprint density at radius 1 is 1.40 bits per heavy atom. The van der Waals surface area contributed by atoms with Gasteiger partial charge in [0.15, 0.2) is 5.82 Å². The summed E-state index contributed by atoms with van der Waals surface area (Å²) in [6.07, 6.45) is 5.25. The highest BCUT2D eigenvalue weighted by molar-refractivity contribution is 14.1. The summed E-state index contributed by atoms with van der Waals surface area (Å²) in [5.41, 5.74) is 0.986. The van der Waals surface area contributed by atoms with E-state index >= 15 is 0 Å². The van der Waals surface area contributed by atoms with Crippen LogP contribution in [0.5, 0.6) is 0 Å². The minimum atomic E-state index is 0.803. The fourth-order valence-electron chi connectivity index (χ4n) is 1.34. The van der Waals surface area contributed by atoms with Gasteiger partial charge in [-0.15, -0.1) is 0 Å². The van der Waals surface area contributed by atoms with E-state index in [2.05, 4.69) is 43.0 Å². The van der Waals surface area contributed by atoms with E-state index in [0.717, 1.165) is 20.8 Å². The molecule has 2 aromatic heterocycles. The van der Waals surface area contributed by atoms with Gasteiger partial charge < -0.3 is 5.32 Å². The molecule has 0 amide bonds. The molecule has 0 saturated carbocycles. The van der Waals surface area contributed by atoms with Gasteiger partial charge in [-0.1, -0.05) is 0 Å². The maximum absolute atomic E-state index is 4.22. The molecular weight excluding hydrogens is 305 g/mol. The summed E-state index contributed by atoms with van der Waals surface area (Å²) in [5.74, 6) is 1.63. The predicted molar refractivity (Wildman–Crippen MR) is 66.2 cm³/mol. The third kappa shape index (κ3) is 1.94. The molecule has 0 unspecified atom stereocenters. The van der Waals surface area contributed by atoms with Gasteiger partial charge in [-0.3, -0.25) is 0 Å². The molecule has 0 aliphatic heterocycles. The number of aromatic nitrogens is 4. The van der Waals surface area contributed by atoms with Crippen molar-refractivity contribution in [1.29, 1.82) is 0 Å². The smallest absolute Gasteiger partial charge is 0.161 e. The molecule has 0 aliphatic carbocycles. The molecule has 0 saturated heterocycles. The van der Waals surface area contributed by atoms with Crippen LogP contribution in [0.2, 0.25) is 0 Å². The quantitative estimate of drug-likeness (QED) is 0.856. The number of hydrogen-bond acceptors (Lipinski definition) is 4.